The van der Waals surface area contributed by atoms with Crippen LogP contribution in [0.3, 0.4) is 0 Å². The normalized spacial score (nSPS) is 16.7. The molecule has 1 aliphatic rings. The maximum absolute atomic E-state index is 12.3. The molecule has 1 aliphatic heterocycles. The third kappa shape index (κ3) is 4.91. The molecule has 0 aliphatic carbocycles. The molecule has 0 N–H and O–H groups in total. The Morgan fingerprint density at radius 3 is 2.86 bits per heavy atom. The molecule has 1 fully saturated rings. The molecule has 7 nitrogen and oxygen atoms in total. The summed E-state index contributed by atoms with van der Waals surface area (Å²) < 4.78 is 16.1. The lowest BCUT2D eigenvalue weighted by molar-refractivity contribution is -0.136. The molecule has 1 aromatic carbocycles. The zero-order chi connectivity index (χ0) is 20.1. The van der Waals surface area contributed by atoms with Gasteiger partial charge in [-0.3, -0.25) is 4.79 Å². The molecule has 0 radical (unpaired) electrons. The van der Waals surface area contributed by atoms with Crippen molar-refractivity contribution in [3.63, 3.8) is 0 Å². The van der Waals surface area contributed by atoms with Gasteiger partial charge in [0.2, 0.25) is 0 Å². The summed E-state index contributed by atoms with van der Waals surface area (Å²) in [5.41, 5.74) is 2.00. The van der Waals surface area contributed by atoms with E-state index in [9.17, 15) is 9.59 Å². The number of carbonyl (C=O) groups is 2. The monoisotopic (exact) mass is 386 g/mol. The predicted octanol–water partition coefficient (Wildman–Crippen LogP) is 3.29. The van der Waals surface area contributed by atoms with E-state index in [0.29, 0.717) is 29.6 Å². The van der Waals surface area contributed by atoms with Crippen molar-refractivity contribution in [2.24, 2.45) is 5.92 Å². The van der Waals surface area contributed by atoms with Crippen molar-refractivity contribution < 1.29 is 23.6 Å². The lowest BCUT2D eigenvalue weighted by Crippen LogP contribution is -2.41. The fourth-order valence-corrected chi connectivity index (χ4v) is 3.29. The van der Waals surface area contributed by atoms with Crippen LogP contribution in [0.25, 0.3) is 0 Å². The first-order chi connectivity index (χ1) is 13.4. The average Bonchev–Trinajstić information content (AvgIpc) is 3.02. The minimum Gasteiger partial charge on any atom is -0.489 e. The Balaban J connectivity index is 1.54. The number of ether oxygens (including phenoxy) is 2. The van der Waals surface area contributed by atoms with Gasteiger partial charge in [-0.05, 0) is 50.8 Å². The Hall–Kier alpha value is -2.83. The van der Waals surface area contributed by atoms with Crippen molar-refractivity contribution in [2.45, 2.75) is 40.2 Å². The van der Waals surface area contributed by atoms with E-state index >= 15 is 0 Å². The van der Waals surface area contributed by atoms with Gasteiger partial charge in [0, 0.05) is 13.1 Å². The van der Waals surface area contributed by atoms with E-state index in [0.717, 1.165) is 37.2 Å². The second-order valence-corrected chi connectivity index (χ2v) is 7.28. The zero-order valence-corrected chi connectivity index (χ0v) is 16.6. The quantitative estimate of drug-likeness (QED) is 0.709. The number of hydrogen-bond acceptors (Lipinski definition) is 6. The van der Waals surface area contributed by atoms with E-state index in [1.165, 1.54) is 0 Å². The Morgan fingerprint density at radius 2 is 2.14 bits per heavy atom. The summed E-state index contributed by atoms with van der Waals surface area (Å²) in [5, 5.41) is 3.89. The predicted molar refractivity (Wildman–Crippen MR) is 102 cm³/mol. The van der Waals surface area contributed by atoms with Crippen molar-refractivity contribution in [3.05, 3.63) is 46.8 Å². The first-order valence-electron chi connectivity index (χ1n) is 9.53. The zero-order valence-electron chi connectivity index (χ0n) is 16.6. The van der Waals surface area contributed by atoms with E-state index in [1.807, 2.05) is 13.8 Å². The summed E-state index contributed by atoms with van der Waals surface area (Å²) in [6, 6.07) is 6.72. The van der Waals surface area contributed by atoms with Crippen LogP contribution in [-0.2, 0) is 16.1 Å². The number of piperidine rings is 1. The number of hydrogen-bond donors (Lipinski definition) is 0. The van der Waals surface area contributed by atoms with E-state index in [1.54, 1.807) is 29.2 Å². The van der Waals surface area contributed by atoms with Crippen LogP contribution in [0.1, 0.15) is 47.1 Å². The van der Waals surface area contributed by atoms with Crippen LogP contribution in [0.15, 0.2) is 28.8 Å². The summed E-state index contributed by atoms with van der Waals surface area (Å²) in [7, 11) is 0. The number of rotatable bonds is 6. The van der Waals surface area contributed by atoms with Crippen LogP contribution in [0, 0.1) is 19.8 Å². The minimum absolute atomic E-state index is 0.147. The van der Waals surface area contributed by atoms with Crippen molar-refractivity contribution >= 4 is 11.9 Å². The average molecular weight is 386 g/mol. The smallest absolute Gasteiger partial charge is 0.338 e. The second kappa shape index (κ2) is 8.91. The molecule has 1 amide bonds. The SMILES string of the molecule is Cc1noc(C)c1COc1cccc(C(=O)OCC(=O)N2CCC[C@@H](C)C2)c1. The number of amides is 1. The number of carbonyl (C=O) groups excluding carboxylic acids is 2. The largest absolute Gasteiger partial charge is 0.489 e. The number of benzene rings is 1. The lowest BCUT2D eigenvalue weighted by atomic mass is 10.0. The molecule has 2 aromatic rings. The number of aromatic nitrogens is 1. The van der Waals surface area contributed by atoms with Gasteiger partial charge in [-0.15, -0.1) is 0 Å². The number of nitrogens with zero attached hydrogens (tertiary/aromatic N) is 2. The van der Waals surface area contributed by atoms with Gasteiger partial charge in [-0.1, -0.05) is 18.1 Å². The van der Waals surface area contributed by atoms with Gasteiger partial charge in [0.05, 0.1) is 16.8 Å². The number of aryl methyl sites for hydroxylation is 2. The van der Waals surface area contributed by atoms with E-state index < -0.39 is 5.97 Å². The molecule has 1 aromatic heterocycles. The topological polar surface area (TPSA) is 81.9 Å². The molecular weight excluding hydrogens is 360 g/mol. The standard InChI is InChI=1S/C21H26N2O5/c1-14-6-5-9-23(11-14)20(24)13-27-21(25)17-7-4-8-18(10-17)26-12-19-15(2)22-28-16(19)3/h4,7-8,10,14H,5-6,9,11-13H2,1-3H3/t14-/m1/s1. The summed E-state index contributed by atoms with van der Waals surface area (Å²) >= 11 is 0. The first kappa shape index (κ1) is 19.9. The Bertz CT molecular complexity index is 826. The van der Waals surface area contributed by atoms with Crippen molar-refractivity contribution in [1.29, 1.82) is 0 Å². The second-order valence-electron chi connectivity index (χ2n) is 7.28. The van der Waals surface area contributed by atoms with Gasteiger partial charge in [0.15, 0.2) is 6.61 Å². The Labute approximate surface area is 164 Å². The van der Waals surface area contributed by atoms with Gasteiger partial charge in [0.1, 0.15) is 18.1 Å². The molecule has 7 heteroatoms. The number of esters is 1. The van der Waals surface area contributed by atoms with Gasteiger partial charge in [-0.25, -0.2) is 4.79 Å². The molecule has 28 heavy (non-hydrogen) atoms. The van der Waals surface area contributed by atoms with Gasteiger partial charge >= 0.3 is 5.97 Å². The van der Waals surface area contributed by atoms with Crippen LogP contribution < -0.4 is 4.74 Å². The van der Waals surface area contributed by atoms with Crippen LogP contribution >= 0.6 is 0 Å². The maximum atomic E-state index is 12.3. The third-order valence-corrected chi connectivity index (χ3v) is 4.97. The number of likely N-dealkylation sites (tertiary alicyclic amines) is 1. The molecular formula is C21H26N2O5. The van der Waals surface area contributed by atoms with Crippen LogP contribution in [0.4, 0.5) is 0 Å². The molecule has 0 saturated carbocycles. The fraction of sp³-hybridized carbons (Fsp3) is 0.476. The van der Waals surface area contributed by atoms with Crippen molar-refractivity contribution in [2.75, 3.05) is 19.7 Å². The fourth-order valence-electron chi connectivity index (χ4n) is 3.29. The molecule has 3 rings (SSSR count). The summed E-state index contributed by atoms with van der Waals surface area (Å²) in [6.07, 6.45) is 2.12. The summed E-state index contributed by atoms with van der Waals surface area (Å²) in [4.78, 5) is 26.3. The van der Waals surface area contributed by atoms with Crippen LogP contribution in [-0.4, -0.2) is 41.6 Å². The highest BCUT2D eigenvalue weighted by atomic mass is 16.5. The summed E-state index contributed by atoms with van der Waals surface area (Å²) in [6.45, 7) is 7.31. The molecule has 0 bridgehead atoms. The van der Waals surface area contributed by atoms with Crippen molar-refractivity contribution in [1.82, 2.24) is 10.1 Å². The van der Waals surface area contributed by atoms with Crippen molar-refractivity contribution in [3.8, 4) is 5.75 Å². The van der Waals surface area contributed by atoms with Crippen LogP contribution in [0.5, 0.6) is 5.75 Å². The van der Waals surface area contributed by atoms with E-state index in [-0.39, 0.29) is 12.5 Å². The van der Waals surface area contributed by atoms with Gasteiger partial charge in [0.25, 0.3) is 5.91 Å². The molecule has 0 spiro atoms. The van der Waals surface area contributed by atoms with E-state index in [2.05, 4.69) is 12.1 Å². The molecule has 150 valence electrons. The highest BCUT2D eigenvalue weighted by molar-refractivity contribution is 5.91. The minimum atomic E-state index is -0.541. The van der Waals surface area contributed by atoms with E-state index in [4.69, 9.17) is 14.0 Å². The molecule has 2 heterocycles. The first-order valence-corrected chi connectivity index (χ1v) is 9.53. The summed E-state index contributed by atoms with van der Waals surface area (Å²) in [5.74, 6) is 1.04. The molecule has 1 atom stereocenters. The Morgan fingerprint density at radius 1 is 1.32 bits per heavy atom. The van der Waals surface area contributed by atoms with Gasteiger partial charge in [-0.2, -0.15) is 0 Å². The van der Waals surface area contributed by atoms with Crippen LogP contribution in [0.2, 0.25) is 0 Å². The lowest BCUT2D eigenvalue weighted by Gasteiger charge is -2.30. The maximum Gasteiger partial charge on any atom is 0.338 e. The molecule has 0 unspecified atom stereocenters. The third-order valence-electron chi connectivity index (χ3n) is 4.97. The Kier molecular flexibility index (Phi) is 6.34. The highest BCUT2D eigenvalue weighted by Crippen LogP contribution is 2.19. The van der Waals surface area contributed by atoms with Gasteiger partial charge < -0.3 is 18.9 Å². The molecule has 1 saturated heterocycles. The highest BCUT2D eigenvalue weighted by Gasteiger charge is 2.22.